The van der Waals surface area contributed by atoms with Gasteiger partial charge in [0.05, 0.1) is 6.54 Å². The van der Waals surface area contributed by atoms with E-state index in [1.165, 1.54) is 16.7 Å². The average Bonchev–Trinajstić information content (AvgIpc) is 2.60. The van der Waals surface area contributed by atoms with Crippen LogP contribution in [0, 0.1) is 13.8 Å². The van der Waals surface area contributed by atoms with Crippen molar-refractivity contribution in [3.63, 3.8) is 0 Å². The molecule has 1 aromatic carbocycles. The Kier molecular flexibility index (Phi) is 9.91. The molecule has 0 unspecified atom stereocenters. The van der Waals surface area contributed by atoms with E-state index in [0.29, 0.717) is 13.2 Å². The first-order valence-electron chi connectivity index (χ1n) is 8.22. The van der Waals surface area contributed by atoms with Gasteiger partial charge in [0.25, 0.3) is 0 Å². The lowest BCUT2D eigenvalue weighted by Gasteiger charge is -2.13. The molecule has 2 N–H and O–H groups in total. The van der Waals surface area contributed by atoms with Gasteiger partial charge in [-0.05, 0) is 49.6 Å². The molecule has 0 saturated carbocycles. The molecule has 0 fully saturated rings. The van der Waals surface area contributed by atoms with Gasteiger partial charge in [-0.15, -0.1) is 24.0 Å². The molecule has 0 bridgehead atoms. The molecule has 0 saturated heterocycles. The van der Waals surface area contributed by atoms with Gasteiger partial charge in [-0.1, -0.05) is 17.7 Å². The number of hydrogen-bond acceptors (Lipinski definition) is 3. The van der Waals surface area contributed by atoms with Crippen molar-refractivity contribution in [3.05, 3.63) is 59.4 Å². The first-order chi connectivity index (χ1) is 11.7. The Labute approximate surface area is 167 Å². The van der Waals surface area contributed by atoms with Gasteiger partial charge in [0.1, 0.15) is 12.4 Å². The summed E-state index contributed by atoms with van der Waals surface area (Å²) in [6, 6.07) is 10.1. The number of nitrogens with zero attached hydrogens (tertiary/aromatic N) is 2. The van der Waals surface area contributed by atoms with E-state index in [9.17, 15) is 0 Å². The van der Waals surface area contributed by atoms with Gasteiger partial charge in [0.15, 0.2) is 5.96 Å². The van der Waals surface area contributed by atoms with E-state index < -0.39 is 0 Å². The zero-order chi connectivity index (χ0) is 17.2. The fourth-order valence-electron chi connectivity index (χ4n) is 2.29. The molecular weight excluding hydrogens is 427 g/mol. The number of rotatable bonds is 7. The maximum Gasteiger partial charge on any atom is 0.191 e. The summed E-state index contributed by atoms with van der Waals surface area (Å²) in [5.41, 5.74) is 3.75. The van der Waals surface area contributed by atoms with Crippen LogP contribution in [0.4, 0.5) is 0 Å². The molecule has 0 amide bonds. The highest BCUT2D eigenvalue weighted by atomic mass is 127. The van der Waals surface area contributed by atoms with Gasteiger partial charge in [-0.3, -0.25) is 9.98 Å². The highest BCUT2D eigenvalue weighted by Gasteiger charge is 2.00. The molecule has 1 aromatic heterocycles. The molecule has 0 aliphatic carbocycles. The minimum absolute atomic E-state index is 0. The van der Waals surface area contributed by atoms with E-state index >= 15 is 0 Å². The zero-order valence-electron chi connectivity index (χ0n) is 15.1. The van der Waals surface area contributed by atoms with Gasteiger partial charge in [0.2, 0.25) is 0 Å². The minimum atomic E-state index is 0. The minimum Gasteiger partial charge on any atom is -0.492 e. The molecule has 0 spiro atoms. The quantitative estimate of drug-likeness (QED) is 0.292. The third-order valence-corrected chi connectivity index (χ3v) is 3.73. The van der Waals surface area contributed by atoms with Crippen LogP contribution >= 0.6 is 24.0 Å². The van der Waals surface area contributed by atoms with Crippen LogP contribution in [-0.2, 0) is 6.42 Å². The summed E-state index contributed by atoms with van der Waals surface area (Å²) < 4.78 is 5.69. The molecule has 6 heteroatoms. The van der Waals surface area contributed by atoms with Crippen LogP contribution in [0.1, 0.15) is 16.7 Å². The molecule has 0 aliphatic heterocycles. The van der Waals surface area contributed by atoms with E-state index in [1.807, 2.05) is 36.7 Å². The van der Waals surface area contributed by atoms with Crippen LogP contribution in [0.15, 0.2) is 47.7 Å². The Hall–Kier alpha value is -1.83. The highest BCUT2D eigenvalue weighted by molar-refractivity contribution is 14.0. The summed E-state index contributed by atoms with van der Waals surface area (Å²) in [6.45, 7) is 6.25. The second-order valence-corrected chi connectivity index (χ2v) is 5.64. The highest BCUT2D eigenvalue weighted by Crippen LogP contribution is 2.10. The van der Waals surface area contributed by atoms with Crippen LogP contribution in [0.5, 0.6) is 5.75 Å². The zero-order valence-corrected chi connectivity index (χ0v) is 17.4. The third-order valence-electron chi connectivity index (χ3n) is 3.73. The Bertz CT molecular complexity index is 659. The summed E-state index contributed by atoms with van der Waals surface area (Å²) >= 11 is 0. The SMILES string of the molecule is CN=C(NCCOc1ccc(C)cc1)NCCc1ccncc1C.I. The van der Waals surface area contributed by atoms with E-state index in [2.05, 4.69) is 40.5 Å². The van der Waals surface area contributed by atoms with Crippen molar-refractivity contribution < 1.29 is 4.74 Å². The van der Waals surface area contributed by atoms with E-state index in [0.717, 1.165) is 24.7 Å². The summed E-state index contributed by atoms with van der Waals surface area (Å²) in [4.78, 5) is 8.34. The summed E-state index contributed by atoms with van der Waals surface area (Å²) in [6.07, 6.45) is 4.66. The summed E-state index contributed by atoms with van der Waals surface area (Å²) in [5.74, 6) is 1.67. The van der Waals surface area contributed by atoms with E-state index in [4.69, 9.17) is 4.74 Å². The van der Waals surface area contributed by atoms with Crippen LogP contribution in [0.3, 0.4) is 0 Å². The van der Waals surface area contributed by atoms with Gasteiger partial charge in [-0.25, -0.2) is 0 Å². The molecular formula is C19H27IN4O. The van der Waals surface area contributed by atoms with Crippen molar-refractivity contribution in [3.8, 4) is 5.75 Å². The predicted octanol–water partition coefficient (Wildman–Crippen LogP) is 3.10. The summed E-state index contributed by atoms with van der Waals surface area (Å²) in [5, 5.41) is 6.57. The first-order valence-corrected chi connectivity index (χ1v) is 8.22. The second kappa shape index (κ2) is 11.7. The van der Waals surface area contributed by atoms with E-state index in [-0.39, 0.29) is 24.0 Å². The standard InChI is InChI=1S/C19H26N4O.HI/c1-15-4-6-18(7-5-15)24-13-12-23-19(20-3)22-11-9-17-8-10-21-14-16(17)2;/h4-8,10,14H,9,11-13H2,1-3H3,(H2,20,22,23);1H. The lowest BCUT2D eigenvalue weighted by molar-refractivity contribution is 0.322. The fraction of sp³-hybridized carbons (Fsp3) is 0.368. The second-order valence-electron chi connectivity index (χ2n) is 5.64. The molecule has 136 valence electrons. The van der Waals surface area contributed by atoms with Crippen molar-refractivity contribution >= 4 is 29.9 Å². The Morgan fingerprint density at radius 1 is 1.08 bits per heavy atom. The normalized spacial score (nSPS) is 10.8. The molecule has 0 atom stereocenters. The van der Waals surface area contributed by atoms with Crippen molar-refractivity contribution in [1.29, 1.82) is 0 Å². The number of pyridine rings is 1. The number of ether oxygens (including phenoxy) is 1. The van der Waals surface area contributed by atoms with Crippen LogP contribution in [0.2, 0.25) is 0 Å². The fourth-order valence-corrected chi connectivity index (χ4v) is 2.29. The van der Waals surface area contributed by atoms with Gasteiger partial charge >= 0.3 is 0 Å². The Balaban J connectivity index is 0.00000312. The molecule has 25 heavy (non-hydrogen) atoms. The first kappa shape index (κ1) is 21.2. The van der Waals surface area contributed by atoms with Gasteiger partial charge in [-0.2, -0.15) is 0 Å². The predicted molar refractivity (Wildman–Crippen MR) is 114 cm³/mol. The molecule has 0 aliphatic rings. The lowest BCUT2D eigenvalue weighted by atomic mass is 10.1. The number of aromatic nitrogens is 1. The van der Waals surface area contributed by atoms with Crippen molar-refractivity contribution in [2.24, 2.45) is 4.99 Å². The molecule has 5 nitrogen and oxygen atoms in total. The number of aliphatic imine (C=N–C) groups is 1. The van der Waals surface area contributed by atoms with Crippen molar-refractivity contribution in [1.82, 2.24) is 15.6 Å². The Morgan fingerprint density at radius 3 is 2.48 bits per heavy atom. The lowest BCUT2D eigenvalue weighted by Crippen LogP contribution is -2.40. The van der Waals surface area contributed by atoms with Gasteiger partial charge in [0, 0.05) is 26.0 Å². The molecule has 2 rings (SSSR count). The van der Waals surface area contributed by atoms with Crippen molar-refractivity contribution in [2.45, 2.75) is 20.3 Å². The average molecular weight is 454 g/mol. The largest absolute Gasteiger partial charge is 0.492 e. The summed E-state index contributed by atoms with van der Waals surface area (Å²) in [7, 11) is 1.77. The molecule has 0 radical (unpaired) electrons. The van der Waals surface area contributed by atoms with Crippen LogP contribution in [-0.4, -0.2) is 37.7 Å². The van der Waals surface area contributed by atoms with Crippen LogP contribution < -0.4 is 15.4 Å². The van der Waals surface area contributed by atoms with E-state index in [1.54, 1.807) is 7.05 Å². The molecule has 1 heterocycles. The van der Waals surface area contributed by atoms with Crippen molar-refractivity contribution in [2.75, 3.05) is 26.7 Å². The topological polar surface area (TPSA) is 58.5 Å². The third kappa shape index (κ3) is 7.72. The Morgan fingerprint density at radius 2 is 1.80 bits per heavy atom. The number of benzene rings is 1. The number of guanidine groups is 1. The van der Waals surface area contributed by atoms with Crippen LogP contribution in [0.25, 0.3) is 0 Å². The maximum atomic E-state index is 5.69. The maximum absolute atomic E-state index is 5.69. The number of aryl methyl sites for hydroxylation is 2. The number of hydrogen-bond donors (Lipinski definition) is 2. The van der Waals surface area contributed by atoms with Gasteiger partial charge < -0.3 is 15.4 Å². The number of nitrogens with one attached hydrogen (secondary N) is 2. The monoisotopic (exact) mass is 454 g/mol. The number of halogens is 1. The smallest absolute Gasteiger partial charge is 0.191 e. The molecule has 2 aromatic rings.